The largest absolute Gasteiger partial charge is 0.497 e. The van der Waals surface area contributed by atoms with Crippen molar-refractivity contribution in [2.45, 2.75) is 19.4 Å². The lowest BCUT2D eigenvalue weighted by Gasteiger charge is -2.07. The van der Waals surface area contributed by atoms with Crippen LogP contribution in [0.5, 0.6) is 11.5 Å². The van der Waals surface area contributed by atoms with Gasteiger partial charge in [0.25, 0.3) is 0 Å². The van der Waals surface area contributed by atoms with Crippen molar-refractivity contribution in [3.8, 4) is 11.5 Å². The number of fused-ring (bicyclic) bond motifs is 1. The van der Waals surface area contributed by atoms with Gasteiger partial charge in [0.2, 0.25) is 5.91 Å². The Balaban J connectivity index is 1.43. The van der Waals surface area contributed by atoms with Crippen LogP contribution < -0.4 is 14.8 Å². The highest BCUT2D eigenvalue weighted by atomic mass is 16.5. The number of aromatic nitrogens is 2. The van der Waals surface area contributed by atoms with Crippen molar-refractivity contribution in [1.82, 2.24) is 9.38 Å². The van der Waals surface area contributed by atoms with Gasteiger partial charge >= 0.3 is 0 Å². The van der Waals surface area contributed by atoms with Crippen LogP contribution in [0.2, 0.25) is 0 Å². The van der Waals surface area contributed by atoms with E-state index >= 15 is 0 Å². The Hall–Kier alpha value is -3.02. The number of nitrogens with one attached hydrogen (secondary N) is 1. The lowest BCUT2D eigenvalue weighted by atomic mass is 10.2. The van der Waals surface area contributed by atoms with Gasteiger partial charge in [-0.05, 0) is 42.7 Å². The van der Waals surface area contributed by atoms with E-state index in [4.69, 9.17) is 9.47 Å². The molecule has 25 heavy (non-hydrogen) atoms. The van der Waals surface area contributed by atoms with Crippen molar-refractivity contribution in [3.63, 3.8) is 0 Å². The SMILES string of the molecule is COc1ccc(COc2ccc3nc(NC(=O)C4CC4)cn3c2)cc1. The molecule has 0 unspecified atom stereocenters. The molecule has 1 aliphatic rings. The van der Waals surface area contributed by atoms with E-state index in [2.05, 4.69) is 10.3 Å². The van der Waals surface area contributed by atoms with Crippen LogP contribution in [0.4, 0.5) is 5.82 Å². The highest BCUT2D eigenvalue weighted by Crippen LogP contribution is 2.30. The number of imidazole rings is 1. The zero-order valence-electron chi connectivity index (χ0n) is 13.9. The fourth-order valence-electron chi connectivity index (χ4n) is 2.58. The molecule has 0 aliphatic heterocycles. The van der Waals surface area contributed by atoms with E-state index in [0.29, 0.717) is 12.4 Å². The maximum Gasteiger partial charge on any atom is 0.228 e. The van der Waals surface area contributed by atoms with E-state index in [1.807, 2.05) is 47.0 Å². The van der Waals surface area contributed by atoms with E-state index < -0.39 is 0 Å². The van der Waals surface area contributed by atoms with Gasteiger partial charge in [0, 0.05) is 5.92 Å². The number of carbonyl (C=O) groups is 1. The summed E-state index contributed by atoms with van der Waals surface area (Å²) in [7, 11) is 1.65. The highest BCUT2D eigenvalue weighted by molar-refractivity contribution is 5.93. The molecule has 1 saturated carbocycles. The standard InChI is InChI=1S/C19H19N3O3/c1-24-15-6-2-13(3-7-15)12-25-16-8-9-18-20-17(11-22(18)10-16)21-19(23)14-4-5-14/h2-3,6-11,14H,4-5,12H2,1H3,(H,21,23). The van der Waals surface area contributed by atoms with Crippen molar-refractivity contribution >= 4 is 17.4 Å². The van der Waals surface area contributed by atoms with Crippen molar-refractivity contribution < 1.29 is 14.3 Å². The molecule has 2 aromatic heterocycles. The Morgan fingerprint density at radius 1 is 1.16 bits per heavy atom. The number of rotatable bonds is 6. The first-order valence-electron chi connectivity index (χ1n) is 8.26. The second kappa shape index (κ2) is 6.47. The van der Waals surface area contributed by atoms with Crippen LogP contribution in [-0.4, -0.2) is 22.4 Å². The minimum absolute atomic E-state index is 0.0550. The predicted octanol–water partition coefficient (Wildman–Crippen LogP) is 3.27. The van der Waals surface area contributed by atoms with Crippen molar-refractivity contribution in [3.05, 3.63) is 54.4 Å². The van der Waals surface area contributed by atoms with Crippen molar-refractivity contribution in [1.29, 1.82) is 0 Å². The molecule has 0 bridgehead atoms. The zero-order chi connectivity index (χ0) is 17.2. The fraction of sp³-hybridized carbons (Fsp3) is 0.263. The molecule has 0 radical (unpaired) electrons. The third-order valence-corrected chi connectivity index (χ3v) is 4.19. The number of nitrogens with zero attached hydrogens (tertiary/aromatic N) is 2. The molecular weight excluding hydrogens is 318 g/mol. The van der Waals surface area contributed by atoms with Gasteiger partial charge in [-0.25, -0.2) is 4.98 Å². The summed E-state index contributed by atoms with van der Waals surface area (Å²) < 4.78 is 12.8. The van der Waals surface area contributed by atoms with E-state index in [0.717, 1.165) is 35.6 Å². The van der Waals surface area contributed by atoms with Crippen LogP contribution in [0.1, 0.15) is 18.4 Å². The molecule has 1 aromatic carbocycles. The minimum atomic E-state index is 0.0550. The van der Waals surface area contributed by atoms with Crippen LogP contribution in [0, 0.1) is 5.92 Å². The number of methoxy groups -OCH3 is 1. The van der Waals surface area contributed by atoms with Crippen LogP contribution in [0.25, 0.3) is 5.65 Å². The normalized spacial score (nSPS) is 13.6. The summed E-state index contributed by atoms with van der Waals surface area (Å²) in [6.07, 6.45) is 5.61. The molecular formula is C19H19N3O3. The van der Waals surface area contributed by atoms with Gasteiger partial charge in [0.15, 0.2) is 5.82 Å². The Morgan fingerprint density at radius 2 is 1.92 bits per heavy atom. The average Bonchev–Trinajstić information content (AvgIpc) is 3.41. The second-order valence-corrected chi connectivity index (χ2v) is 6.16. The lowest BCUT2D eigenvalue weighted by Crippen LogP contribution is -2.13. The Labute approximate surface area is 145 Å². The molecule has 6 heteroatoms. The van der Waals surface area contributed by atoms with Crippen LogP contribution in [0.15, 0.2) is 48.8 Å². The monoisotopic (exact) mass is 337 g/mol. The van der Waals surface area contributed by atoms with E-state index in [1.54, 1.807) is 13.3 Å². The molecule has 128 valence electrons. The number of pyridine rings is 1. The summed E-state index contributed by atoms with van der Waals surface area (Å²) in [6, 6.07) is 11.5. The fourth-order valence-corrected chi connectivity index (χ4v) is 2.58. The lowest BCUT2D eigenvalue weighted by molar-refractivity contribution is -0.117. The third-order valence-electron chi connectivity index (χ3n) is 4.19. The maximum atomic E-state index is 11.8. The van der Waals surface area contributed by atoms with Gasteiger partial charge in [0.1, 0.15) is 23.8 Å². The molecule has 1 aliphatic carbocycles. The number of benzene rings is 1. The van der Waals surface area contributed by atoms with Gasteiger partial charge in [-0.3, -0.25) is 4.79 Å². The van der Waals surface area contributed by atoms with Crippen LogP contribution in [0.3, 0.4) is 0 Å². The van der Waals surface area contributed by atoms with Gasteiger partial charge in [-0.15, -0.1) is 0 Å². The Morgan fingerprint density at radius 3 is 2.64 bits per heavy atom. The molecule has 6 nitrogen and oxygen atoms in total. The van der Waals surface area contributed by atoms with Gasteiger partial charge in [-0.1, -0.05) is 12.1 Å². The smallest absolute Gasteiger partial charge is 0.228 e. The number of amides is 1. The van der Waals surface area contributed by atoms with Crippen LogP contribution >= 0.6 is 0 Å². The van der Waals surface area contributed by atoms with Crippen molar-refractivity contribution in [2.24, 2.45) is 5.92 Å². The summed E-state index contributed by atoms with van der Waals surface area (Å²) in [5.41, 5.74) is 1.83. The maximum absolute atomic E-state index is 11.8. The summed E-state index contributed by atoms with van der Waals surface area (Å²) in [5.74, 6) is 2.35. The van der Waals surface area contributed by atoms with Gasteiger partial charge < -0.3 is 19.2 Å². The van der Waals surface area contributed by atoms with Crippen molar-refractivity contribution in [2.75, 3.05) is 12.4 Å². The van der Waals surface area contributed by atoms with Crippen LogP contribution in [-0.2, 0) is 11.4 Å². The topological polar surface area (TPSA) is 64.9 Å². The molecule has 1 amide bonds. The number of ether oxygens (including phenoxy) is 2. The molecule has 0 atom stereocenters. The van der Waals surface area contributed by atoms with E-state index in [9.17, 15) is 4.79 Å². The number of hydrogen-bond donors (Lipinski definition) is 1. The minimum Gasteiger partial charge on any atom is -0.497 e. The summed E-state index contributed by atoms with van der Waals surface area (Å²) in [6.45, 7) is 0.468. The second-order valence-electron chi connectivity index (χ2n) is 6.16. The number of carbonyl (C=O) groups excluding carboxylic acids is 1. The first-order chi connectivity index (χ1) is 12.2. The zero-order valence-corrected chi connectivity index (χ0v) is 13.9. The first kappa shape index (κ1) is 15.5. The first-order valence-corrected chi connectivity index (χ1v) is 8.26. The van der Waals surface area contributed by atoms with E-state index in [-0.39, 0.29) is 11.8 Å². The third kappa shape index (κ3) is 3.57. The molecule has 1 fully saturated rings. The summed E-state index contributed by atoms with van der Waals surface area (Å²) in [5, 5.41) is 2.86. The quantitative estimate of drug-likeness (QED) is 0.750. The van der Waals surface area contributed by atoms with Gasteiger partial charge in [-0.2, -0.15) is 0 Å². The summed E-state index contributed by atoms with van der Waals surface area (Å²) >= 11 is 0. The Kier molecular flexibility index (Phi) is 4.01. The van der Waals surface area contributed by atoms with E-state index in [1.165, 1.54) is 0 Å². The highest BCUT2D eigenvalue weighted by Gasteiger charge is 2.29. The number of hydrogen-bond acceptors (Lipinski definition) is 4. The predicted molar refractivity (Wildman–Crippen MR) is 93.9 cm³/mol. The molecule has 0 spiro atoms. The molecule has 1 N–H and O–H groups in total. The molecule has 3 aromatic rings. The average molecular weight is 337 g/mol. The summed E-state index contributed by atoms with van der Waals surface area (Å²) in [4.78, 5) is 16.2. The Bertz CT molecular complexity index is 898. The molecule has 4 rings (SSSR count). The number of anilines is 1. The van der Waals surface area contributed by atoms with Gasteiger partial charge in [0.05, 0.1) is 19.5 Å². The molecule has 0 saturated heterocycles. The molecule has 2 heterocycles.